The summed E-state index contributed by atoms with van der Waals surface area (Å²) in [5.41, 5.74) is 1.13. The molecule has 8 nitrogen and oxygen atoms in total. The first kappa shape index (κ1) is 43.6. The number of nitrogens with zero attached hydrogens (tertiary/aromatic N) is 3. The van der Waals surface area contributed by atoms with Gasteiger partial charge in [0.15, 0.2) is 39.6 Å². The van der Waals surface area contributed by atoms with Crippen molar-refractivity contribution in [2.45, 2.75) is 187 Å². The predicted molar refractivity (Wildman–Crippen MR) is 211 cm³/mol. The number of carbonyl (C=O) groups excluding carboxylic acids is 1. The summed E-state index contributed by atoms with van der Waals surface area (Å²) in [5.74, 6) is 0. The fraction of sp³-hybridized carbons (Fsp3) is 0.861. The van der Waals surface area contributed by atoms with E-state index in [1.807, 2.05) is 0 Å². The van der Waals surface area contributed by atoms with Crippen LogP contribution in [0.1, 0.15) is 99.3 Å². The fourth-order valence-electron chi connectivity index (χ4n) is 4.70. The summed E-state index contributed by atoms with van der Waals surface area (Å²) in [5, 5.41) is 0.0841. The van der Waals surface area contributed by atoms with E-state index in [2.05, 4.69) is 150 Å². The molecule has 48 heavy (non-hydrogen) atoms. The Labute approximate surface area is 299 Å². The Balaban J connectivity index is 2.88. The van der Waals surface area contributed by atoms with E-state index in [4.69, 9.17) is 17.7 Å². The van der Waals surface area contributed by atoms with E-state index in [1.165, 1.54) is 0 Å². The van der Waals surface area contributed by atoms with E-state index in [0.29, 0.717) is 25.4 Å². The summed E-state index contributed by atoms with van der Waals surface area (Å²) in [7, 11) is -8.95. The van der Waals surface area contributed by atoms with Crippen LogP contribution < -0.4 is 0 Å². The molecule has 1 saturated heterocycles. The van der Waals surface area contributed by atoms with Gasteiger partial charge in [-0.25, -0.2) is 4.98 Å². The molecule has 1 aromatic rings. The van der Waals surface area contributed by atoms with Crippen LogP contribution in [-0.4, -0.2) is 91.9 Å². The lowest BCUT2D eigenvalue weighted by Crippen LogP contribution is -2.70. The number of aldehydes is 1. The second-order valence-corrected chi connectivity index (χ2v) is 39.3. The molecular weight excluding hydrogens is 667 g/mol. The van der Waals surface area contributed by atoms with Crippen LogP contribution in [0.15, 0.2) is 12.4 Å². The molecule has 3 unspecified atom stereocenters. The molecule has 0 aromatic carbocycles. The Morgan fingerprint density at radius 2 is 1.10 bits per heavy atom. The van der Waals surface area contributed by atoms with Crippen molar-refractivity contribution in [3.63, 3.8) is 0 Å². The van der Waals surface area contributed by atoms with Crippen LogP contribution in [0.3, 0.4) is 0 Å². The van der Waals surface area contributed by atoms with E-state index >= 15 is 0 Å². The van der Waals surface area contributed by atoms with Crippen LogP contribution in [0.5, 0.6) is 0 Å². The van der Waals surface area contributed by atoms with Crippen LogP contribution in [0.25, 0.3) is 0 Å². The number of carbonyl (C=O) groups is 1. The third kappa shape index (κ3) is 10.5. The van der Waals surface area contributed by atoms with Gasteiger partial charge in [-0.2, -0.15) is 0 Å². The Kier molecular flexibility index (Phi) is 13.4. The number of likely N-dealkylation sites (tertiary alicyclic amines) is 1. The van der Waals surface area contributed by atoms with Crippen molar-refractivity contribution in [2.24, 2.45) is 0 Å². The molecule has 4 atom stereocenters. The highest BCUT2D eigenvalue weighted by Crippen LogP contribution is 2.46. The van der Waals surface area contributed by atoms with Gasteiger partial charge in [0, 0.05) is 13.1 Å². The van der Waals surface area contributed by atoms with Gasteiger partial charge < -0.3 is 17.7 Å². The Morgan fingerprint density at radius 3 is 1.50 bits per heavy atom. The van der Waals surface area contributed by atoms with Gasteiger partial charge in [0.1, 0.15) is 5.69 Å². The Hall–Kier alpha value is -0.582. The minimum Gasteiger partial charge on any atom is -0.415 e. The fourth-order valence-corrected chi connectivity index (χ4v) is 9.68. The molecule has 0 amide bonds. The van der Waals surface area contributed by atoms with Crippen molar-refractivity contribution < 1.29 is 22.5 Å². The monoisotopic (exact) mass is 739 g/mol. The molecule has 0 N–H and O–H groups in total. The van der Waals surface area contributed by atoms with Crippen molar-refractivity contribution in [1.29, 1.82) is 0 Å². The van der Waals surface area contributed by atoms with Crippen molar-refractivity contribution in [3.8, 4) is 0 Å². The van der Waals surface area contributed by atoms with Crippen molar-refractivity contribution in [2.75, 3.05) is 13.2 Å². The van der Waals surface area contributed by atoms with E-state index < -0.39 is 33.3 Å². The molecule has 278 valence electrons. The van der Waals surface area contributed by atoms with Gasteiger partial charge in [-0.1, -0.05) is 83.1 Å². The second-order valence-electron chi connectivity index (χ2n) is 20.2. The van der Waals surface area contributed by atoms with Crippen LogP contribution in [0.2, 0.25) is 72.5 Å². The maximum absolute atomic E-state index is 11.4. The van der Waals surface area contributed by atoms with Crippen molar-refractivity contribution in [1.82, 2.24) is 14.9 Å². The normalized spacial score (nSPS) is 23.0. The van der Waals surface area contributed by atoms with Gasteiger partial charge >= 0.3 is 0 Å². The standard InChI is InChI=1S/C36H73N3O5Si4/c1-33(2,3)45(13,14)41-26-29-31(43-47(17,18)35(7,8)9)32(44-48(19,20)36(10,11)12)30(42-46(15,16)34(4,5)6)24-39(29)23-27-21-38-28(25-40)22-37-27/h21-22,25,29-32H,23-24,26H2,1-20H3/t29-,30?,31?,32?/m1/s1. The van der Waals surface area contributed by atoms with Crippen LogP contribution in [0, 0.1) is 0 Å². The third-order valence-electron chi connectivity index (χ3n) is 12.3. The number of hydrogen-bond acceptors (Lipinski definition) is 8. The topological polar surface area (TPSA) is 83.0 Å². The highest BCUT2D eigenvalue weighted by Gasteiger charge is 2.55. The molecule has 0 bridgehead atoms. The molecule has 2 rings (SSSR count). The van der Waals surface area contributed by atoms with Crippen LogP contribution in [-0.2, 0) is 24.2 Å². The SMILES string of the molecule is CC(C)(C)[Si](C)(C)OC[C@@H]1C(O[Si](C)(C)C(C)(C)C)C(O[Si](C)(C)C(C)(C)C)C(O[Si](C)(C)C(C)(C)C)CN1Cc1cnc(C=O)cn1. The average Bonchev–Trinajstić information content (AvgIpc) is 2.87. The van der Waals surface area contributed by atoms with Gasteiger partial charge in [0.05, 0.1) is 49.0 Å². The molecule has 0 radical (unpaired) electrons. The molecule has 0 spiro atoms. The molecular formula is C36H73N3O5Si4. The predicted octanol–water partition coefficient (Wildman–Crippen LogP) is 9.67. The Morgan fingerprint density at radius 1 is 0.667 bits per heavy atom. The van der Waals surface area contributed by atoms with Gasteiger partial charge in [-0.3, -0.25) is 14.7 Å². The first-order chi connectivity index (χ1) is 21.3. The van der Waals surface area contributed by atoms with Gasteiger partial charge in [0.2, 0.25) is 0 Å². The molecule has 0 saturated carbocycles. The van der Waals surface area contributed by atoms with E-state index in [-0.39, 0.29) is 44.5 Å². The maximum atomic E-state index is 11.4. The van der Waals surface area contributed by atoms with Crippen LogP contribution in [0.4, 0.5) is 0 Å². The largest absolute Gasteiger partial charge is 0.415 e. The Bertz CT molecular complexity index is 1210. The lowest BCUT2D eigenvalue weighted by Gasteiger charge is -2.56. The number of hydrogen-bond donors (Lipinski definition) is 0. The summed E-state index contributed by atoms with van der Waals surface area (Å²) in [6.07, 6.45) is 3.27. The summed E-state index contributed by atoms with van der Waals surface area (Å²) in [6.45, 7) is 48.0. The highest BCUT2D eigenvalue weighted by molar-refractivity contribution is 6.75. The summed E-state index contributed by atoms with van der Waals surface area (Å²) in [4.78, 5) is 22.9. The lowest BCUT2D eigenvalue weighted by atomic mass is 9.94. The number of piperidine rings is 1. The summed E-state index contributed by atoms with van der Waals surface area (Å²) < 4.78 is 29.6. The second kappa shape index (κ2) is 14.8. The van der Waals surface area contributed by atoms with Crippen LogP contribution >= 0.6 is 0 Å². The summed E-state index contributed by atoms with van der Waals surface area (Å²) >= 11 is 0. The molecule has 12 heteroatoms. The van der Waals surface area contributed by atoms with Crippen molar-refractivity contribution in [3.05, 3.63) is 23.8 Å². The van der Waals surface area contributed by atoms with E-state index in [0.717, 1.165) is 12.0 Å². The molecule has 2 heterocycles. The molecule has 1 aliphatic rings. The smallest absolute Gasteiger partial charge is 0.192 e. The van der Waals surface area contributed by atoms with Gasteiger partial charge in [0.25, 0.3) is 0 Å². The quantitative estimate of drug-likeness (QED) is 0.155. The minimum absolute atomic E-state index is 0.00639. The van der Waals surface area contributed by atoms with E-state index in [9.17, 15) is 4.79 Å². The first-order valence-corrected chi connectivity index (χ1v) is 29.6. The third-order valence-corrected chi connectivity index (χ3v) is 30.3. The lowest BCUT2D eigenvalue weighted by molar-refractivity contribution is -0.131. The zero-order valence-corrected chi connectivity index (χ0v) is 38.5. The average molecular weight is 740 g/mol. The number of rotatable bonds is 12. The summed E-state index contributed by atoms with van der Waals surface area (Å²) in [6, 6.07) is -0.102. The zero-order valence-electron chi connectivity index (χ0n) is 34.5. The molecule has 0 aliphatic carbocycles. The van der Waals surface area contributed by atoms with Gasteiger partial charge in [-0.15, -0.1) is 0 Å². The molecule has 1 aromatic heterocycles. The zero-order chi connectivity index (χ0) is 37.5. The highest BCUT2D eigenvalue weighted by atomic mass is 28.4. The van der Waals surface area contributed by atoms with Gasteiger partial charge in [-0.05, 0) is 72.5 Å². The molecule has 1 aliphatic heterocycles. The van der Waals surface area contributed by atoms with E-state index in [1.54, 1.807) is 12.4 Å². The molecule has 1 fully saturated rings. The first-order valence-electron chi connectivity index (χ1n) is 17.9. The maximum Gasteiger partial charge on any atom is 0.192 e. The minimum atomic E-state index is -2.31. The van der Waals surface area contributed by atoms with Crippen molar-refractivity contribution >= 4 is 39.6 Å². The number of aromatic nitrogens is 2.